The Morgan fingerprint density at radius 1 is 1.03 bits per heavy atom. The highest BCUT2D eigenvalue weighted by Gasteiger charge is 2.17. The van der Waals surface area contributed by atoms with Gasteiger partial charge in [0.05, 0.1) is 28.1 Å². The molecular weight excluding hydrogens is 369 g/mol. The Balaban J connectivity index is 1.48. The lowest BCUT2D eigenvalue weighted by Crippen LogP contribution is -2.03. The van der Waals surface area contributed by atoms with Gasteiger partial charge in [-0.25, -0.2) is 14.1 Å². The van der Waals surface area contributed by atoms with Crippen LogP contribution in [-0.2, 0) is 13.0 Å². The van der Waals surface area contributed by atoms with Gasteiger partial charge in [0, 0.05) is 25.2 Å². The molecule has 0 spiro atoms. The molecule has 0 unspecified atom stereocenters. The number of halogens is 1. The number of hydrogen-bond donors (Lipinski definition) is 0. The van der Waals surface area contributed by atoms with Gasteiger partial charge in [-0.1, -0.05) is 23.4 Å². The summed E-state index contributed by atoms with van der Waals surface area (Å²) < 4.78 is 23.0. The van der Waals surface area contributed by atoms with Crippen molar-refractivity contribution in [3.05, 3.63) is 84.1 Å². The molecule has 0 aliphatic carbocycles. The highest BCUT2D eigenvalue weighted by molar-refractivity contribution is 5.79. The molecular formula is C22H18FN5O. The first-order valence-electron chi connectivity index (χ1n) is 9.43. The number of aryl methyl sites for hydroxylation is 1. The van der Waals surface area contributed by atoms with Crippen LogP contribution in [0.5, 0.6) is 0 Å². The van der Waals surface area contributed by atoms with Crippen molar-refractivity contribution in [3.8, 4) is 17.3 Å². The minimum atomic E-state index is -0.300. The number of fused-ring (bicyclic) bond motifs is 1. The number of hydrogen-bond acceptors (Lipinski definition) is 4. The fourth-order valence-electron chi connectivity index (χ4n) is 3.57. The average Bonchev–Trinajstić information content (AvgIpc) is 3.46. The number of rotatable bonds is 5. The molecule has 0 radical (unpaired) electrons. The summed E-state index contributed by atoms with van der Waals surface area (Å²) in [6, 6.07) is 18.1. The molecule has 5 aromatic rings. The fraction of sp³-hybridized carbons (Fsp3) is 0.136. The first-order valence-corrected chi connectivity index (χ1v) is 9.43. The highest BCUT2D eigenvalue weighted by Crippen LogP contribution is 2.26. The standard InChI is InChI=1S/C22H18FN5O/c1-2-27-20-9-4-3-8-19(20)25-22(27)21-14-16(26-29-21)13-18-10-11-24-28(18)17-7-5-6-15(23)12-17/h3-12,14H,2,13H2,1H3. The molecule has 0 atom stereocenters. The van der Waals surface area contributed by atoms with Gasteiger partial charge in [0.2, 0.25) is 5.76 Å². The average molecular weight is 387 g/mol. The van der Waals surface area contributed by atoms with Crippen LogP contribution in [0.15, 0.2) is 71.4 Å². The minimum absolute atomic E-state index is 0.300. The maximum Gasteiger partial charge on any atom is 0.202 e. The molecule has 3 aromatic heterocycles. The van der Waals surface area contributed by atoms with E-state index >= 15 is 0 Å². The van der Waals surface area contributed by atoms with E-state index in [1.54, 1.807) is 16.9 Å². The maximum absolute atomic E-state index is 13.6. The first-order chi connectivity index (χ1) is 14.2. The number of aromatic nitrogens is 5. The van der Waals surface area contributed by atoms with Crippen LogP contribution in [0.2, 0.25) is 0 Å². The Labute approximate surface area is 166 Å². The van der Waals surface area contributed by atoms with Crippen LogP contribution in [0.25, 0.3) is 28.3 Å². The predicted octanol–water partition coefficient (Wildman–Crippen LogP) is 4.63. The van der Waals surface area contributed by atoms with Gasteiger partial charge >= 0.3 is 0 Å². The number of benzene rings is 2. The van der Waals surface area contributed by atoms with E-state index in [1.165, 1.54) is 12.1 Å². The largest absolute Gasteiger partial charge is 0.353 e. The van der Waals surface area contributed by atoms with Crippen LogP contribution in [0, 0.1) is 5.82 Å². The lowest BCUT2D eigenvalue weighted by molar-refractivity contribution is 0.420. The van der Waals surface area contributed by atoms with Gasteiger partial charge < -0.3 is 9.09 Å². The fourth-order valence-corrected chi connectivity index (χ4v) is 3.57. The van der Waals surface area contributed by atoms with Gasteiger partial charge in [0.15, 0.2) is 5.82 Å². The Kier molecular flexibility index (Phi) is 4.20. The summed E-state index contributed by atoms with van der Waals surface area (Å²) in [5.74, 6) is 1.08. The van der Waals surface area contributed by atoms with Crippen LogP contribution < -0.4 is 0 Å². The van der Waals surface area contributed by atoms with Crippen LogP contribution in [0.1, 0.15) is 18.3 Å². The second-order valence-electron chi connectivity index (χ2n) is 6.74. The van der Waals surface area contributed by atoms with Crippen molar-refractivity contribution in [2.45, 2.75) is 19.9 Å². The highest BCUT2D eigenvalue weighted by atomic mass is 19.1. The van der Waals surface area contributed by atoms with E-state index in [0.29, 0.717) is 17.9 Å². The third kappa shape index (κ3) is 3.10. The molecule has 0 amide bonds. The van der Waals surface area contributed by atoms with E-state index in [9.17, 15) is 4.39 Å². The van der Waals surface area contributed by atoms with Crippen molar-refractivity contribution in [2.24, 2.45) is 0 Å². The quantitative estimate of drug-likeness (QED) is 0.441. The molecule has 3 heterocycles. The number of imidazole rings is 1. The Bertz CT molecular complexity index is 1300. The predicted molar refractivity (Wildman–Crippen MR) is 107 cm³/mol. The van der Waals surface area contributed by atoms with E-state index in [2.05, 4.69) is 21.7 Å². The first kappa shape index (κ1) is 17.4. The molecule has 0 bridgehead atoms. The van der Waals surface area contributed by atoms with Crippen molar-refractivity contribution in [1.29, 1.82) is 0 Å². The van der Waals surface area contributed by atoms with E-state index in [4.69, 9.17) is 9.51 Å². The second-order valence-corrected chi connectivity index (χ2v) is 6.74. The number of para-hydroxylation sites is 2. The van der Waals surface area contributed by atoms with Crippen molar-refractivity contribution in [3.63, 3.8) is 0 Å². The zero-order valence-corrected chi connectivity index (χ0v) is 15.8. The van der Waals surface area contributed by atoms with Crippen LogP contribution in [0.4, 0.5) is 4.39 Å². The molecule has 7 heteroatoms. The molecule has 6 nitrogen and oxygen atoms in total. The zero-order chi connectivity index (χ0) is 19.8. The van der Waals surface area contributed by atoms with Crippen LogP contribution >= 0.6 is 0 Å². The van der Waals surface area contributed by atoms with E-state index in [-0.39, 0.29) is 5.82 Å². The smallest absolute Gasteiger partial charge is 0.202 e. The van der Waals surface area contributed by atoms with Crippen molar-refractivity contribution in [1.82, 2.24) is 24.5 Å². The zero-order valence-electron chi connectivity index (χ0n) is 15.8. The molecule has 2 aromatic carbocycles. The molecule has 0 saturated carbocycles. The Hall–Kier alpha value is -3.74. The Morgan fingerprint density at radius 2 is 1.93 bits per heavy atom. The van der Waals surface area contributed by atoms with Gasteiger partial charge in [-0.2, -0.15) is 5.10 Å². The Morgan fingerprint density at radius 3 is 2.79 bits per heavy atom. The lowest BCUT2D eigenvalue weighted by atomic mass is 10.2. The van der Waals surface area contributed by atoms with Crippen molar-refractivity contribution >= 4 is 11.0 Å². The molecule has 0 aliphatic heterocycles. The van der Waals surface area contributed by atoms with Gasteiger partial charge in [0.25, 0.3) is 0 Å². The third-order valence-corrected chi connectivity index (χ3v) is 4.89. The van der Waals surface area contributed by atoms with Crippen LogP contribution in [-0.4, -0.2) is 24.5 Å². The van der Waals surface area contributed by atoms with Crippen molar-refractivity contribution < 1.29 is 8.91 Å². The molecule has 0 N–H and O–H groups in total. The minimum Gasteiger partial charge on any atom is -0.353 e. The van der Waals surface area contributed by atoms with E-state index in [1.807, 2.05) is 42.5 Å². The van der Waals surface area contributed by atoms with E-state index < -0.39 is 0 Å². The second kappa shape index (κ2) is 7.01. The summed E-state index contributed by atoms with van der Waals surface area (Å²) in [5.41, 5.74) is 4.30. The maximum atomic E-state index is 13.6. The summed E-state index contributed by atoms with van der Waals surface area (Å²) in [6.45, 7) is 2.85. The van der Waals surface area contributed by atoms with E-state index in [0.717, 1.165) is 34.8 Å². The molecule has 144 valence electrons. The third-order valence-electron chi connectivity index (χ3n) is 4.89. The lowest BCUT2D eigenvalue weighted by Gasteiger charge is -2.06. The van der Waals surface area contributed by atoms with Gasteiger partial charge in [-0.05, 0) is 43.3 Å². The molecule has 5 rings (SSSR count). The molecule has 0 aliphatic rings. The normalized spacial score (nSPS) is 11.4. The monoisotopic (exact) mass is 387 g/mol. The van der Waals surface area contributed by atoms with Crippen molar-refractivity contribution in [2.75, 3.05) is 0 Å². The molecule has 0 saturated heterocycles. The topological polar surface area (TPSA) is 61.7 Å². The van der Waals surface area contributed by atoms with Gasteiger partial charge in [-0.15, -0.1) is 0 Å². The van der Waals surface area contributed by atoms with Gasteiger partial charge in [0.1, 0.15) is 5.82 Å². The summed E-state index contributed by atoms with van der Waals surface area (Å²) >= 11 is 0. The molecule has 29 heavy (non-hydrogen) atoms. The number of nitrogens with zero attached hydrogens (tertiary/aromatic N) is 5. The van der Waals surface area contributed by atoms with Crippen LogP contribution in [0.3, 0.4) is 0 Å². The van der Waals surface area contributed by atoms with Gasteiger partial charge in [-0.3, -0.25) is 0 Å². The summed E-state index contributed by atoms with van der Waals surface area (Å²) in [6.07, 6.45) is 2.20. The summed E-state index contributed by atoms with van der Waals surface area (Å²) in [5, 5.41) is 8.54. The molecule has 0 fully saturated rings. The summed E-state index contributed by atoms with van der Waals surface area (Å²) in [7, 11) is 0. The SMILES string of the molecule is CCn1c(-c2cc(Cc3ccnn3-c3cccc(F)c3)no2)nc2ccccc21. The summed E-state index contributed by atoms with van der Waals surface area (Å²) in [4.78, 5) is 4.71.